The Bertz CT molecular complexity index is 653. The van der Waals surface area contributed by atoms with Crippen LogP contribution in [0.4, 0.5) is 0 Å². The van der Waals surface area contributed by atoms with Crippen molar-refractivity contribution in [2.24, 2.45) is 0 Å². The van der Waals surface area contributed by atoms with Crippen LogP contribution < -0.4 is 4.74 Å². The van der Waals surface area contributed by atoms with Crippen molar-refractivity contribution in [2.75, 3.05) is 13.7 Å². The van der Waals surface area contributed by atoms with E-state index in [-0.39, 0.29) is 11.4 Å². The van der Waals surface area contributed by atoms with E-state index in [9.17, 15) is 8.42 Å². The van der Waals surface area contributed by atoms with Gasteiger partial charge in [0, 0.05) is 7.05 Å². The third-order valence-corrected chi connectivity index (χ3v) is 4.66. The number of nitrogens with zero attached hydrogens (tertiary/aromatic N) is 3. The number of ether oxygens (including phenoxy) is 1. The summed E-state index contributed by atoms with van der Waals surface area (Å²) in [5.74, 6) is 1.15. The van der Waals surface area contributed by atoms with Gasteiger partial charge in [0.25, 0.3) is 0 Å². The molecule has 21 heavy (non-hydrogen) atoms. The second-order valence-electron chi connectivity index (χ2n) is 4.51. The lowest BCUT2D eigenvalue weighted by Crippen LogP contribution is -2.27. The summed E-state index contributed by atoms with van der Waals surface area (Å²) in [6.45, 7) is 2.76. The van der Waals surface area contributed by atoms with Gasteiger partial charge < -0.3 is 4.74 Å². The van der Waals surface area contributed by atoms with Crippen LogP contribution in [0, 0.1) is 0 Å². The number of H-pyrrole nitrogens is 1. The standard InChI is InChI=1S/C13H18N4O3S/c1-3-8-20-11-4-6-12(7-5-11)21(18,19)17(2)9-13-14-10-15-16-13/h4-7,10H,3,8-9H2,1-2H3,(H,14,15,16). The second-order valence-corrected chi connectivity index (χ2v) is 6.56. The number of aromatic nitrogens is 3. The highest BCUT2D eigenvalue weighted by atomic mass is 32.2. The minimum absolute atomic E-state index is 0.135. The predicted molar refractivity (Wildman–Crippen MR) is 77.3 cm³/mol. The average molecular weight is 310 g/mol. The maximum absolute atomic E-state index is 12.4. The Balaban J connectivity index is 2.11. The highest BCUT2D eigenvalue weighted by Crippen LogP contribution is 2.19. The molecule has 0 atom stereocenters. The first-order chi connectivity index (χ1) is 10.0. The molecule has 0 aliphatic heterocycles. The highest BCUT2D eigenvalue weighted by molar-refractivity contribution is 7.89. The molecule has 0 aliphatic carbocycles. The summed E-state index contributed by atoms with van der Waals surface area (Å²) in [5, 5.41) is 6.33. The molecule has 0 unspecified atom stereocenters. The summed E-state index contributed by atoms with van der Waals surface area (Å²) in [7, 11) is -2.06. The normalized spacial score (nSPS) is 11.8. The second kappa shape index (κ2) is 6.68. The molecule has 0 aliphatic rings. The van der Waals surface area contributed by atoms with Gasteiger partial charge in [-0.15, -0.1) is 0 Å². The van der Waals surface area contributed by atoms with Crippen LogP contribution in [0.2, 0.25) is 0 Å². The van der Waals surface area contributed by atoms with Crippen LogP contribution in [0.1, 0.15) is 19.2 Å². The van der Waals surface area contributed by atoms with Crippen LogP contribution in [0.5, 0.6) is 5.75 Å². The number of nitrogens with one attached hydrogen (secondary N) is 1. The Morgan fingerprint density at radius 3 is 2.57 bits per heavy atom. The first-order valence-electron chi connectivity index (χ1n) is 6.57. The molecule has 1 aromatic heterocycles. The number of rotatable bonds is 7. The summed E-state index contributed by atoms with van der Waals surface area (Å²) >= 11 is 0. The first-order valence-corrected chi connectivity index (χ1v) is 8.01. The fourth-order valence-corrected chi connectivity index (χ4v) is 2.84. The van der Waals surface area contributed by atoms with Crippen LogP contribution >= 0.6 is 0 Å². The molecule has 0 spiro atoms. The van der Waals surface area contributed by atoms with Crippen molar-refractivity contribution in [1.82, 2.24) is 19.5 Å². The minimum atomic E-state index is -3.56. The van der Waals surface area contributed by atoms with E-state index in [1.165, 1.54) is 29.8 Å². The Morgan fingerprint density at radius 1 is 1.29 bits per heavy atom. The number of hydrogen-bond acceptors (Lipinski definition) is 5. The Kier molecular flexibility index (Phi) is 4.92. The molecule has 2 rings (SSSR count). The smallest absolute Gasteiger partial charge is 0.243 e. The third-order valence-electron chi connectivity index (χ3n) is 2.84. The fraction of sp³-hybridized carbons (Fsp3) is 0.385. The van der Waals surface area contributed by atoms with Gasteiger partial charge in [-0.05, 0) is 30.7 Å². The molecule has 0 saturated carbocycles. The topological polar surface area (TPSA) is 88.2 Å². The lowest BCUT2D eigenvalue weighted by Gasteiger charge is -2.16. The van der Waals surface area contributed by atoms with Crippen molar-refractivity contribution in [3.63, 3.8) is 0 Å². The van der Waals surface area contributed by atoms with Crippen molar-refractivity contribution in [3.8, 4) is 5.75 Å². The van der Waals surface area contributed by atoms with E-state index in [0.29, 0.717) is 18.2 Å². The molecule has 0 saturated heterocycles. The van der Waals surface area contributed by atoms with Gasteiger partial charge in [-0.25, -0.2) is 13.4 Å². The van der Waals surface area contributed by atoms with Crippen molar-refractivity contribution in [3.05, 3.63) is 36.4 Å². The molecular formula is C13H18N4O3S. The summed E-state index contributed by atoms with van der Waals surface area (Å²) in [6, 6.07) is 6.39. The predicted octanol–water partition coefficient (Wildman–Crippen LogP) is 1.41. The molecule has 1 aromatic carbocycles. The van der Waals surface area contributed by atoms with Gasteiger partial charge in [0.1, 0.15) is 17.9 Å². The van der Waals surface area contributed by atoms with Crippen molar-refractivity contribution >= 4 is 10.0 Å². The zero-order valence-corrected chi connectivity index (χ0v) is 12.8. The fourth-order valence-electron chi connectivity index (χ4n) is 1.71. The van der Waals surface area contributed by atoms with Gasteiger partial charge in [-0.2, -0.15) is 9.40 Å². The van der Waals surface area contributed by atoms with Gasteiger partial charge in [0.05, 0.1) is 18.0 Å². The van der Waals surface area contributed by atoms with Crippen LogP contribution in [-0.4, -0.2) is 41.6 Å². The lowest BCUT2D eigenvalue weighted by atomic mass is 10.3. The first kappa shape index (κ1) is 15.5. The van der Waals surface area contributed by atoms with E-state index in [2.05, 4.69) is 15.2 Å². The van der Waals surface area contributed by atoms with E-state index >= 15 is 0 Å². The molecule has 1 N–H and O–H groups in total. The Hall–Kier alpha value is -1.93. The summed E-state index contributed by atoms with van der Waals surface area (Å²) in [4.78, 5) is 4.13. The maximum atomic E-state index is 12.4. The van der Waals surface area contributed by atoms with Gasteiger partial charge >= 0.3 is 0 Å². The largest absolute Gasteiger partial charge is 0.494 e. The van der Waals surface area contributed by atoms with Crippen molar-refractivity contribution in [2.45, 2.75) is 24.8 Å². The molecular weight excluding hydrogens is 292 g/mol. The van der Waals surface area contributed by atoms with Gasteiger partial charge in [-0.3, -0.25) is 5.10 Å². The van der Waals surface area contributed by atoms with Gasteiger partial charge in [0.15, 0.2) is 0 Å². The highest BCUT2D eigenvalue weighted by Gasteiger charge is 2.21. The quantitative estimate of drug-likeness (QED) is 0.835. The zero-order chi connectivity index (χ0) is 15.3. The monoisotopic (exact) mass is 310 g/mol. The van der Waals surface area contributed by atoms with E-state index in [1.807, 2.05) is 6.92 Å². The average Bonchev–Trinajstić information content (AvgIpc) is 2.98. The molecule has 114 valence electrons. The number of benzene rings is 1. The number of hydrogen-bond donors (Lipinski definition) is 1. The summed E-state index contributed by atoms with van der Waals surface area (Å²) in [6.07, 6.45) is 2.25. The number of sulfonamides is 1. The van der Waals surface area contributed by atoms with Gasteiger partial charge in [0.2, 0.25) is 10.0 Å². The molecule has 2 aromatic rings. The van der Waals surface area contributed by atoms with E-state index in [0.717, 1.165) is 6.42 Å². The minimum Gasteiger partial charge on any atom is -0.494 e. The SMILES string of the molecule is CCCOc1ccc(S(=O)(=O)N(C)Cc2ncn[nH]2)cc1. The van der Waals surface area contributed by atoms with Crippen molar-refractivity contribution in [1.29, 1.82) is 0 Å². The molecule has 1 heterocycles. The van der Waals surface area contributed by atoms with Crippen LogP contribution in [0.15, 0.2) is 35.5 Å². The molecule has 0 fully saturated rings. The zero-order valence-electron chi connectivity index (χ0n) is 12.0. The molecule has 0 bridgehead atoms. The summed E-state index contributed by atoms with van der Waals surface area (Å²) in [5.41, 5.74) is 0. The molecule has 8 heteroatoms. The lowest BCUT2D eigenvalue weighted by molar-refractivity contribution is 0.317. The van der Waals surface area contributed by atoms with E-state index < -0.39 is 10.0 Å². The van der Waals surface area contributed by atoms with Crippen LogP contribution in [0.25, 0.3) is 0 Å². The molecule has 0 radical (unpaired) electrons. The molecule has 7 nitrogen and oxygen atoms in total. The molecule has 0 amide bonds. The summed E-state index contributed by atoms with van der Waals surface area (Å²) < 4.78 is 31.5. The Morgan fingerprint density at radius 2 is 2.00 bits per heavy atom. The third kappa shape index (κ3) is 3.79. The van der Waals surface area contributed by atoms with E-state index in [1.54, 1.807) is 12.1 Å². The van der Waals surface area contributed by atoms with Crippen molar-refractivity contribution < 1.29 is 13.2 Å². The van der Waals surface area contributed by atoms with Gasteiger partial charge in [-0.1, -0.05) is 6.92 Å². The van der Waals surface area contributed by atoms with Crippen LogP contribution in [-0.2, 0) is 16.6 Å². The number of aromatic amines is 1. The maximum Gasteiger partial charge on any atom is 0.243 e. The van der Waals surface area contributed by atoms with E-state index in [4.69, 9.17) is 4.74 Å². The Labute approximate surface area is 124 Å². The van der Waals surface area contributed by atoms with Crippen LogP contribution in [0.3, 0.4) is 0 Å².